The Kier molecular flexibility index (Phi) is 3.58. The van der Waals surface area contributed by atoms with E-state index in [0.717, 1.165) is 6.54 Å². The third-order valence-electron chi connectivity index (χ3n) is 4.66. The Morgan fingerprint density at radius 1 is 1.21 bits per heavy atom. The van der Waals surface area contributed by atoms with Crippen molar-refractivity contribution in [2.75, 3.05) is 32.7 Å². The molecule has 1 aromatic carbocycles. The molecule has 0 spiro atoms. The van der Waals surface area contributed by atoms with Crippen molar-refractivity contribution in [1.82, 2.24) is 15.2 Å². The first-order valence-corrected chi connectivity index (χ1v) is 7.18. The maximum atomic E-state index is 5.89. The van der Waals surface area contributed by atoms with Crippen molar-refractivity contribution >= 4 is 0 Å². The summed E-state index contributed by atoms with van der Waals surface area (Å²) in [7, 11) is 0. The van der Waals surface area contributed by atoms with E-state index in [4.69, 9.17) is 5.84 Å². The highest BCUT2D eigenvalue weighted by atomic mass is 15.4. The van der Waals surface area contributed by atoms with Gasteiger partial charge in [-0.1, -0.05) is 23.8 Å². The Morgan fingerprint density at radius 2 is 1.95 bits per heavy atom. The molecule has 3 aliphatic heterocycles. The van der Waals surface area contributed by atoms with Crippen molar-refractivity contribution < 1.29 is 0 Å². The number of fused-ring (bicyclic) bond motifs is 3. The monoisotopic (exact) mass is 260 g/mol. The third kappa shape index (κ3) is 2.41. The number of nitrogens with two attached hydrogens (primary N) is 1. The summed E-state index contributed by atoms with van der Waals surface area (Å²) >= 11 is 0. The Hall–Kier alpha value is -0.940. The maximum absolute atomic E-state index is 5.89. The van der Waals surface area contributed by atoms with Crippen LogP contribution in [-0.4, -0.2) is 48.6 Å². The lowest BCUT2D eigenvalue weighted by molar-refractivity contribution is -0.00379. The molecule has 0 aromatic heterocycles. The molecule has 3 aliphatic rings. The number of nitrogens with zero attached hydrogens (tertiary/aromatic N) is 2. The summed E-state index contributed by atoms with van der Waals surface area (Å²) < 4.78 is 0. The number of rotatable bonds is 3. The van der Waals surface area contributed by atoms with Crippen molar-refractivity contribution in [2.24, 2.45) is 5.84 Å². The van der Waals surface area contributed by atoms with Gasteiger partial charge in [-0.05, 0) is 25.0 Å². The Balaban J connectivity index is 1.90. The molecule has 2 bridgehead atoms. The van der Waals surface area contributed by atoms with Gasteiger partial charge in [0.15, 0.2) is 0 Å². The van der Waals surface area contributed by atoms with Gasteiger partial charge in [0, 0.05) is 38.8 Å². The molecule has 1 aromatic rings. The molecule has 2 atom stereocenters. The topological polar surface area (TPSA) is 44.5 Å². The largest absolute Gasteiger partial charge is 0.299 e. The highest BCUT2D eigenvalue weighted by molar-refractivity contribution is 5.34. The smallest absolute Gasteiger partial charge is 0.0630 e. The first-order valence-electron chi connectivity index (χ1n) is 7.18. The normalized spacial score (nSPS) is 31.4. The fourth-order valence-electron chi connectivity index (χ4n) is 3.48. The summed E-state index contributed by atoms with van der Waals surface area (Å²) in [6.07, 6.45) is 0. The highest BCUT2D eigenvalue weighted by Gasteiger charge is 2.37. The van der Waals surface area contributed by atoms with E-state index < -0.39 is 0 Å². The van der Waals surface area contributed by atoms with Crippen molar-refractivity contribution in [3.63, 3.8) is 0 Å². The number of nitrogens with one attached hydrogen (secondary N) is 1. The van der Waals surface area contributed by atoms with Crippen LogP contribution in [0.1, 0.15) is 22.7 Å². The fourth-order valence-corrected chi connectivity index (χ4v) is 3.48. The first-order chi connectivity index (χ1) is 9.19. The molecule has 4 nitrogen and oxygen atoms in total. The minimum Gasteiger partial charge on any atom is -0.299 e. The quantitative estimate of drug-likeness (QED) is 0.623. The van der Waals surface area contributed by atoms with Gasteiger partial charge in [0.25, 0.3) is 0 Å². The van der Waals surface area contributed by atoms with Crippen molar-refractivity contribution in [3.8, 4) is 0 Å². The number of hydrogen-bond donors (Lipinski definition) is 2. The predicted octanol–water partition coefficient (Wildman–Crippen LogP) is 0.808. The number of hydrogen-bond acceptors (Lipinski definition) is 4. The van der Waals surface area contributed by atoms with Crippen molar-refractivity contribution in [1.29, 1.82) is 0 Å². The molecule has 19 heavy (non-hydrogen) atoms. The molecule has 0 radical (unpaired) electrons. The lowest BCUT2D eigenvalue weighted by Crippen LogP contribution is -2.64. The molecular weight excluding hydrogens is 236 g/mol. The van der Waals surface area contributed by atoms with Crippen LogP contribution >= 0.6 is 0 Å². The lowest BCUT2D eigenvalue weighted by Gasteiger charge is -2.50. The molecule has 3 saturated heterocycles. The van der Waals surface area contributed by atoms with E-state index in [1.54, 1.807) is 0 Å². The van der Waals surface area contributed by atoms with Crippen LogP contribution < -0.4 is 11.3 Å². The van der Waals surface area contributed by atoms with E-state index in [1.165, 1.54) is 42.9 Å². The van der Waals surface area contributed by atoms with Gasteiger partial charge in [0.2, 0.25) is 0 Å². The molecule has 3 N–H and O–H groups in total. The zero-order valence-corrected chi connectivity index (χ0v) is 11.9. The highest BCUT2D eigenvalue weighted by Crippen LogP contribution is 2.29. The zero-order valence-electron chi connectivity index (χ0n) is 11.9. The van der Waals surface area contributed by atoms with Gasteiger partial charge in [-0.15, -0.1) is 0 Å². The summed E-state index contributed by atoms with van der Waals surface area (Å²) in [6.45, 7) is 10.2. The van der Waals surface area contributed by atoms with E-state index >= 15 is 0 Å². The summed E-state index contributed by atoms with van der Waals surface area (Å²) in [6, 6.07) is 7.36. The van der Waals surface area contributed by atoms with E-state index in [0.29, 0.717) is 6.04 Å². The number of piperazine rings is 3. The Bertz CT molecular complexity index is 451. The third-order valence-corrected chi connectivity index (χ3v) is 4.66. The van der Waals surface area contributed by atoms with E-state index in [1.807, 2.05) is 0 Å². The second-order valence-electron chi connectivity index (χ2n) is 5.91. The van der Waals surface area contributed by atoms with Crippen LogP contribution in [-0.2, 0) is 0 Å². The van der Waals surface area contributed by atoms with Gasteiger partial charge in [-0.25, -0.2) is 0 Å². The predicted molar refractivity (Wildman–Crippen MR) is 77.8 cm³/mol. The van der Waals surface area contributed by atoms with E-state index in [9.17, 15) is 0 Å². The van der Waals surface area contributed by atoms with Crippen molar-refractivity contribution in [3.05, 3.63) is 34.9 Å². The van der Waals surface area contributed by atoms with Gasteiger partial charge in [-0.2, -0.15) is 0 Å². The van der Waals surface area contributed by atoms with Crippen LogP contribution in [0.2, 0.25) is 0 Å². The van der Waals surface area contributed by atoms with E-state index in [-0.39, 0.29) is 6.04 Å². The molecule has 4 rings (SSSR count). The Labute approximate surface area is 115 Å². The second-order valence-corrected chi connectivity index (χ2v) is 5.91. The zero-order chi connectivity index (χ0) is 13.4. The van der Waals surface area contributed by atoms with Gasteiger partial charge >= 0.3 is 0 Å². The standard InChI is InChI=1S/C15H24N4/c1-11-3-4-12(2)13(9-11)15(17-16)14-10-18-5-7-19(14)8-6-18/h3-4,9,14-15,17H,5-8,10,16H2,1-2H3. The average Bonchev–Trinajstić information content (AvgIpc) is 2.45. The molecule has 0 aliphatic carbocycles. The molecule has 3 fully saturated rings. The lowest BCUT2D eigenvalue weighted by atomic mass is 9.91. The van der Waals surface area contributed by atoms with Gasteiger partial charge in [-0.3, -0.25) is 21.1 Å². The second kappa shape index (κ2) is 5.21. The van der Waals surface area contributed by atoms with Crippen LogP contribution in [0.5, 0.6) is 0 Å². The van der Waals surface area contributed by atoms with Crippen LogP contribution in [0.4, 0.5) is 0 Å². The van der Waals surface area contributed by atoms with Crippen LogP contribution in [0.25, 0.3) is 0 Å². The van der Waals surface area contributed by atoms with Gasteiger partial charge < -0.3 is 0 Å². The first kappa shape index (κ1) is 13.1. The average molecular weight is 260 g/mol. The van der Waals surface area contributed by atoms with Gasteiger partial charge in [0.05, 0.1) is 6.04 Å². The number of hydrazine groups is 1. The van der Waals surface area contributed by atoms with Crippen molar-refractivity contribution in [2.45, 2.75) is 25.9 Å². The maximum Gasteiger partial charge on any atom is 0.0630 e. The van der Waals surface area contributed by atoms with Crippen LogP contribution in [0, 0.1) is 13.8 Å². The minimum absolute atomic E-state index is 0.225. The summed E-state index contributed by atoms with van der Waals surface area (Å²) in [5, 5.41) is 0. The fraction of sp³-hybridized carbons (Fsp3) is 0.600. The molecular formula is C15H24N4. The summed E-state index contributed by atoms with van der Waals surface area (Å²) in [4.78, 5) is 5.15. The molecule has 2 unspecified atom stereocenters. The molecule has 3 heterocycles. The van der Waals surface area contributed by atoms with Crippen LogP contribution in [0.3, 0.4) is 0 Å². The minimum atomic E-state index is 0.225. The molecule has 4 heteroatoms. The number of aryl methyl sites for hydroxylation is 2. The summed E-state index contributed by atoms with van der Waals surface area (Å²) in [5.74, 6) is 5.89. The number of benzene rings is 1. The molecule has 0 saturated carbocycles. The molecule has 0 amide bonds. The SMILES string of the molecule is Cc1ccc(C)c(C(NN)C2CN3CCN2CC3)c1. The summed E-state index contributed by atoms with van der Waals surface area (Å²) in [5.41, 5.74) is 7.05. The van der Waals surface area contributed by atoms with E-state index in [2.05, 4.69) is 47.3 Å². The van der Waals surface area contributed by atoms with Gasteiger partial charge in [0.1, 0.15) is 0 Å². The molecule has 104 valence electrons. The Morgan fingerprint density at radius 3 is 2.53 bits per heavy atom. The van der Waals surface area contributed by atoms with Crippen LogP contribution in [0.15, 0.2) is 18.2 Å².